The Labute approximate surface area is 210 Å². The number of piperidine rings is 1. The van der Waals surface area contributed by atoms with Crippen molar-refractivity contribution < 1.29 is 4.74 Å². The summed E-state index contributed by atoms with van der Waals surface area (Å²) in [6.07, 6.45) is 9.65. The number of nitrogens with zero attached hydrogens (tertiary/aromatic N) is 5. The Morgan fingerprint density at radius 2 is 1.97 bits per heavy atom. The first-order valence-electron chi connectivity index (χ1n) is 12.2. The minimum Gasteiger partial charge on any atom is -0.375 e. The summed E-state index contributed by atoms with van der Waals surface area (Å²) in [5.74, 6) is 1.23. The second kappa shape index (κ2) is 8.25. The van der Waals surface area contributed by atoms with Crippen molar-refractivity contribution in [3.05, 3.63) is 34.1 Å². The summed E-state index contributed by atoms with van der Waals surface area (Å²) >= 11 is 13.3. The molecule has 3 heterocycles. The smallest absolute Gasteiger partial charge is 0.227 e. The molecule has 0 amide bonds. The normalized spacial score (nSPS) is 27.4. The molecule has 2 bridgehead atoms. The number of ether oxygens (including phenoxy) is 1. The van der Waals surface area contributed by atoms with Crippen molar-refractivity contribution in [3.8, 4) is 0 Å². The molecule has 180 valence electrons. The quantitative estimate of drug-likeness (QED) is 0.415. The molecule has 1 spiro atoms. The molecule has 34 heavy (non-hydrogen) atoms. The van der Waals surface area contributed by atoms with E-state index in [9.17, 15) is 0 Å². The Bertz CT molecular complexity index is 1140. The summed E-state index contributed by atoms with van der Waals surface area (Å²) in [5.41, 5.74) is 3.66. The maximum atomic E-state index is 6.67. The van der Waals surface area contributed by atoms with Crippen LogP contribution in [0.15, 0.2) is 28.3 Å². The van der Waals surface area contributed by atoms with Crippen LogP contribution in [0.4, 0.5) is 17.1 Å². The predicted octanol–water partition coefficient (Wildman–Crippen LogP) is 5.96. The molecule has 7 rings (SSSR count). The molecule has 7 nitrogen and oxygen atoms in total. The first-order valence-corrected chi connectivity index (χ1v) is 12.9. The van der Waals surface area contributed by atoms with E-state index >= 15 is 0 Å². The van der Waals surface area contributed by atoms with Crippen molar-refractivity contribution in [1.82, 2.24) is 9.78 Å². The van der Waals surface area contributed by atoms with Gasteiger partial charge in [0.1, 0.15) is 0 Å². The van der Waals surface area contributed by atoms with Crippen LogP contribution in [0.1, 0.15) is 50.5 Å². The number of aryl methyl sites for hydroxylation is 1. The number of benzene rings is 1. The van der Waals surface area contributed by atoms with Crippen molar-refractivity contribution >= 4 is 52.9 Å². The van der Waals surface area contributed by atoms with Gasteiger partial charge in [0.2, 0.25) is 5.96 Å². The summed E-state index contributed by atoms with van der Waals surface area (Å²) in [4.78, 5) is 11.2. The van der Waals surface area contributed by atoms with Gasteiger partial charge < -0.3 is 15.0 Å². The highest BCUT2D eigenvalue weighted by Gasteiger charge is 2.59. The van der Waals surface area contributed by atoms with Crippen molar-refractivity contribution in [1.29, 1.82) is 0 Å². The Morgan fingerprint density at radius 3 is 2.59 bits per heavy atom. The average Bonchev–Trinajstić information content (AvgIpc) is 3.36. The van der Waals surface area contributed by atoms with Gasteiger partial charge in [-0.1, -0.05) is 23.2 Å². The van der Waals surface area contributed by atoms with Gasteiger partial charge >= 0.3 is 0 Å². The van der Waals surface area contributed by atoms with E-state index < -0.39 is 0 Å². The minimum absolute atomic E-state index is 0.0711. The van der Waals surface area contributed by atoms with E-state index in [1.807, 2.05) is 23.7 Å². The van der Waals surface area contributed by atoms with Gasteiger partial charge in [-0.3, -0.25) is 0 Å². The zero-order chi connectivity index (χ0) is 23.5. The van der Waals surface area contributed by atoms with Gasteiger partial charge in [-0.2, -0.15) is 5.10 Å². The number of nitrogens with one attached hydrogen (secondary N) is 1. The molecule has 9 heteroatoms. The van der Waals surface area contributed by atoms with Crippen LogP contribution < -0.4 is 10.2 Å². The second-order valence-corrected chi connectivity index (χ2v) is 11.2. The lowest BCUT2D eigenvalue weighted by atomic mass is 9.50. The monoisotopic (exact) mass is 500 g/mol. The molecule has 0 atom stereocenters. The van der Waals surface area contributed by atoms with Crippen LogP contribution in [0.5, 0.6) is 0 Å². The number of aromatic nitrogens is 2. The van der Waals surface area contributed by atoms with Gasteiger partial charge in [-0.05, 0) is 82.2 Å². The highest BCUT2D eigenvalue weighted by atomic mass is 35.5. The van der Waals surface area contributed by atoms with Gasteiger partial charge in [0.25, 0.3) is 0 Å². The summed E-state index contributed by atoms with van der Waals surface area (Å²) in [6.45, 7) is 8.45. The van der Waals surface area contributed by atoms with Gasteiger partial charge in [-0.25, -0.2) is 14.7 Å². The molecule has 1 N–H and O–H groups in total. The van der Waals surface area contributed by atoms with Crippen LogP contribution in [0, 0.1) is 12.8 Å². The maximum Gasteiger partial charge on any atom is 0.227 e. The van der Waals surface area contributed by atoms with E-state index in [1.54, 1.807) is 6.20 Å². The number of rotatable bonds is 4. The largest absolute Gasteiger partial charge is 0.375 e. The minimum atomic E-state index is 0.0711. The van der Waals surface area contributed by atoms with E-state index in [1.165, 1.54) is 32.1 Å². The standard InChI is InChI=1S/C25H30Cl2N6O/c1-16-10-18(26)21(32-7-5-25(6-8-32)4-3-9-34-25)11-19(16)30-23(28-2)31-20-15-29-33(22(20)27)24-12-17(13-24)14-24/h10-11,15,17H,2-9,12-14H2,1H3,(H,30,31). The van der Waals surface area contributed by atoms with Gasteiger partial charge in [-0.15, -0.1) is 0 Å². The molecule has 0 unspecified atom stereocenters. The molecule has 1 aromatic heterocycles. The third-order valence-electron chi connectivity index (χ3n) is 8.25. The fraction of sp³-hybridized carbons (Fsp3) is 0.560. The third kappa shape index (κ3) is 3.64. The maximum absolute atomic E-state index is 6.67. The molecule has 0 radical (unpaired) electrons. The molecule has 2 saturated heterocycles. The first kappa shape index (κ1) is 22.4. The van der Waals surface area contributed by atoms with E-state index in [4.69, 9.17) is 32.9 Å². The lowest BCUT2D eigenvalue weighted by molar-refractivity contribution is -0.0975. The second-order valence-electron chi connectivity index (χ2n) is 10.4. The zero-order valence-electron chi connectivity index (χ0n) is 19.5. The van der Waals surface area contributed by atoms with Gasteiger partial charge in [0.05, 0.1) is 39.4 Å². The molecule has 3 aliphatic carbocycles. The van der Waals surface area contributed by atoms with Crippen molar-refractivity contribution in [2.24, 2.45) is 15.9 Å². The number of halogens is 2. The third-order valence-corrected chi connectivity index (χ3v) is 8.92. The van der Waals surface area contributed by atoms with Crippen LogP contribution >= 0.6 is 23.2 Å². The van der Waals surface area contributed by atoms with Gasteiger partial charge in [0, 0.05) is 19.7 Å². The molecule has 5 aliphatic rings. The Hall–Kier alpha value is -2.09. The lowest BCUT2D eigenvalue weighted by Gasteiger charge is -2.61. The van der Waals surface area contributed by atoms with Crippen molar-refractivity contribution in [3.63, 3.8) is 0 Å². The van der Waals surface area contributed by atoms with Crippen LogP contribution in [0.2, 0.25) is 10.2 Å². The summed E-state index contributed by atoms with van der Waals surface area (Å²) in [5, 5.41) is 9.10. The summed E-state index contributed by atoms with van der Waals surface area (Å²) < 4.78 is 8.04. The van der Waals surface area contributed by atoms with Crippen LogP contribution in [0.3, 0.4) is 0 Å². The van der Waals surface area contributed by atoms with Gasteiger partial charge in [0.15, 0.2) is 5.15 Å². The number of hydrogen-bond acceptors (Lipinski definition) is 4. The number of aliphatic imine (C=N–C) groups is 2. The van der Waals surface area contributed by atoms with Crippen LogP contribution in [0.25, 0.3) is 0 Å². The van der Waals surface area contributed by atoms with Crippen molar-refractivity contribution in [2.75, 3.05) is 29.9 Å². The Kier molecular flexibility index (Phi) is 5.43. The highest BCUT2D eigenvalue weighted by Crippen LogP contribution is 2.63. The van der Waals surface area contributed by atoms with E-state index in [2.05, 4.69) is 27.0 Å². The average molecular weight is 501 g/mol. The van der Waals surface area contributed by atoms with E-state index in [0.29, 0.717) is 16.8 Å². The topological polar surface area (TPSA) is 67.0 Å². The number of anilines is 2. The molecule has 2 aromatic rings. The van der Waals surface area contributed by atoms with Crippen molar-refractivity contribution in [2.45, 2.75) is 63.0 Å². The molecule has 2 aliphatic heterocycles. The highest BCUT2D eigenvalue weighted by molar-refractivity contribution is 6.33. The van der Waals surface area contributed by atoms with Crippen LogP contribution in [-0.4, -0.2) is 47.8 Å². The predicted molar refractivity (Wildman–Crippen MR) is 138 cm³/mol. The van der Waals surface area contributed by atoms with Crippen LogP contribution in [-0.2, 0) is 10.3 Å². The Morgan fingerprint density at radius 1 is 1.21 bits per heavy atom. The first-order chi connectivity index (χ1) is 16.4. The number of guanidine groups is 1. The summed E-state index contributed by atoms with van der Waals surface area (Å²) in [7, 11) is 0. The summed E-state index contributed by atoms with van der Waals surface area (Å²) in [6, 6.07) is 4.02. The lowest BCUT2D eigenvalue weighted by Crippen LogP contribution is -2.59. The fourth-order valence-electron chi connectivity index (χ4n) is 6.10. The fourth-order valence-corrected chi connectivity index (χ4v) is 6.75. The molecular weight excluding hydrogens is 471 g/mol. The Balaban J connectivity index is 1.22. The molecule has 1 aromatic carbocycles. The molecule has 5 fully saturated rings. The molecular formula is C25H30Cl2N6O. The molecule has 3 saturated carbocycles. The van der Waals surface area contributed by atoms with E-state index in [-0.39, 0.29) is 11.1 Å². The zero-order valence-corrected chi connectivity index (χ0v) is 21.0. The number of hydrogen-bond donors (Lipinski definition) is 1. The van der Waals surface area contributed by atoms with E-state index in [0.717, 1.165) is 60.4 Å². The SMILES string of the molecule is C=N/C(=N\c1cc(N2CCC3(CCCO3)CC2)c(Cl)cc1C)Nc1cnn(C23CC(C2)C3)c1Cl.